The highest BCUT2D eigenvalue weighted by Crippen LogP contribution is 2.61. The molecule has 3 atom stereocenters. The highest BCUT2D eigenvalue weighted by molar-refractivity contribution is 5.79. The van der Waals surface area contributed by atoms with Crippen LogP contribution >= 0.6 is 0 Å². The largest absolute Gasteiger partial charge is 0.473 e. The zero-order chi connectivity index (χ0) is 22.4. The molecule has 1 unspecified atom stereocenters. The summed E-state index contributed by atoms with van der Waals surface area (Å²) in [4.78, 5) is 16.6. The van der Waals surface area contributed by atoms with Crippen molar-refractivity contribution in [3.05, 3.63) is 82.0 Å². The number of rotatable bonds is 6. The second kappa shape index (κ2) is 8.09. The maximum atomic E-state index is 12.1. The second-order valence-corrected chi connectivity index (χ2v) is 9.04. The molecule has 32 heavy (non-hydrogen) atoms. The van der Waals surface area contributed by atoms with E-state index in [9.17, 15) is 4.79 Å². The van der Waals surface area contributed by atoms with Gasteiger partial charge in [-0.25, -0.2) is 4.98 Å². The summed E-state index contributed by atoms with van der Waals surface area (Å²) >= 11 is 0. The number of carbonyl (C=O) groups excluding carboxylic acids is 1. The second-order valence-electron chi connectivity index (χ2n) is 9.04. The Labute approximate surface area is 189 Å². The van der Waals surface area contributed by atoms with E-state index >= 15 is 0 Å². The van der Waals surface area contributed by atoms with Crippen LogP contribution in [0.1, 0.15) is 46.2 Å². The Morgan fingerprint density at radius 1 is 1.09 bits per heavy atom. The molecule has 1 fully saturated rings. The summed E-state index contributed by atoms with van der Waals surface area (Å²) in [6.07, 6.45) is 2.80. The van der Waals surface area contributed by atoms with Gasteiger partial charge in [-0.1, -0.05) is 36.4 Å². The number of esters is 1. The average Bonchev–Trinajstić information content (AvgIpc) is 3.36. The average molecular weight is 428 g/mol. The van der Waals surface area contributed by atoms with Gasteiger partial charge in [0.1, 0.15) is 6.61 Å². The summed E-state index contributed by atoms with van der Waals surface area (Å²) in [5.41, 5.74) is 9.98. The van der Waals surface area contributed by atoms with Crippen LogP contribution in [0.25, 0.3) is 11.1 Å². The first-order valence-corrected chi connectivity index (χ1v) is 11.4. The summed E-state index contributed by atoms with van der Waals surface area (Å²) in [6.45, 7) is 9.27. The minimum Gasteiger partial charge on any atom is -0.473 e. The molecule has 164 valence electrons. The molecular formula is C28H29NO3. The van der Waals surface area contributed by atoms with Gasteiger partial charge in [0.2, 0.25) is 5.88 Å². The summed E-state index contributed by atoms with van der Waals surface area (Å²) in [5, 5.41) is 0. The smallest absolute Gasteiger partial charge is 0.309 e. The van der Waals surface area contributed by atoms with Crippen molar-refractivity contribution < 1.29 is 14.3 Å². The molecule has 2 aliphatic carbocycles. The third-order valence-electron chi connectivity index (χ3n) is 7.11. The van der Waals surface area contributed by atoms with Crippen molar-refractivity contribution in [2.75, 3.05) is 6.61 Å². The number of benzene rings is 2. The van der Waals surface area contributed by atoms with E-state index in [1.54, 1.807) is 0 Å². The van der Waals surface area contributed by atoms with Gasteiger partial charge in [0.25, 0.3) is 0 Å². The number of hydrogen-bond acceptors (Lipinski definition) is 4. The Morgan fingerprint density at radius 2 is 1.84 bits per heavy atom. The van der Waals surface area contributed by atoms with Gasteiger partial charge in [0.15, 0.2) is 0 Å². The lowest BCUT2D eigenvalue weighted by atomic mass is 9.91. The first-order chi connectivity index (χ1) is 15.5. The fourth-order valence-corrected chi connectivity index (χ4v) is 5.41. The fourth-order valence-electron chi connectivity index (χ4n) is 5.41. The first-order valence-electron chi connectivity index (χ1n) is 11.4. The molecule has 1 heterocycles. The Kier molecular flexibility index (Phi) is 5.24. The lowest BCUT2D eigenvalue weighted by molar-refractivity contribution is -0.145. The van der Waals surface area contributed by atoms with Crippen LogP contribution in [0, 0.1) is 32.6 Å². The summed E-state index contributed by atoms with van der Waals surface area (Å²) in [6, 6.07) is 14.9. The van der Waals surface area contributed by atoms with Gasteiger partial charge < -0.3 is 9.47 Å². The van der Waals surface area contributed by atoms with E-state index in [1.165, 1.54) is 38.9 Å². The van der Waals surface area contributed by atoms with Crippen molar-refractivity contribution >= 4 is 5.97 Å². The number of ether oxygens (including phenoxy) is 2. The number of hydrogen-bond donors (Lipinski definition) is 0. The Hall–Kier alpha value is -3.14. The number of aromatic nitrogens is 1. The Bertz CT molecular complexity index is 1180. The molecule has 0 saturated heterocycles. The van der Waals surface area contributed by atoms with Crippen LogP contribution in [0.15, 0.2) is 48.7 Å². The van der Waals surface area contributed by atoms with Gasteiger partial charge in [-0.3, -0.25) is 4.79 Å². The fraction of sp³-hybridized carbons (Fsp3) is 0.357. The quantitative estimate of drug-likeness (QED) is 0.473. The molecular weight excluding hydrogens is 398 g/mol. The van der Waals surface area contributed by atoms with Gasteiger partial charge in [0, 0.05) is 18.2 Å². The first kappa shape index (κ1) is 20.7. The molecule has 0 aliphatic heterocycles. The molecule has 0 amide bonds. The summed E-state index contributed by atoms with van der Waals surface area (Å²) in [5.74, 6) is 1.26. The lowest BCUT2D eigenvalue weighted by Crippen LogP contribution is -2.11. The van der Waals surface area contributed by atoms with E-state index in [1.807, 2.05) is 19.2 Å². The van der Waals surface area contributed by atoms with Crippen molar-refractivity contribution in [1.82, 2.24) is 4.98 Å². The maximum Gasteiger partial charge on any atom is 0.309 e. The van der Waals surface area contributed by atoms with E-state index in [0.29, 0.717) is 25.0 Å². The van der Waals surface area contributed by atoms with Gasteiger partial charge in [-0.05, 0) is 84.5 Å². The van der Waals surface area contributed by atoms with Crippen molar-refractivity contribution in [3.63, 3.8) is 0 Å². The molecule has 2 aliphatic rings. The van der Waals surface area contributed by atoms with E-state index < -0.39 is 0 Å². The number of fused-ring (bicyclic) bond motifs is 3. The standard InChI is InChI=1S/C28H29NO3/c1-5-31-28(30)27-22-12-20-13-24(29-14-23(20)26(22)27)32-15-19-10-7-11-21(18(19)4)25-16(2)8-6-9-17(25)3/h6-11,13-14,22,26-27H,5,12,15H2,1-4H3/t22-,26?,27+/m1/s1. The maximum absolute atomic E-state index is 12.1. The van der Waals surface area contributed by atoms with Gasteiger partial charge in [-0.2, -0.15) is 0 Å². The van der Waals surface area contributed by atoms with Crippen LogP contribution in [0.3, 0.4) is 0 Å². The summed E-state index contributed by atoms with van der Waals surface area (Å²) in [7, 11) is 0. The number of carbonyl (C=O) groups is 1. The van der Waals surface area contributed by atoms with E-state index in [2.05, 4.69) is 62.2 Å². The number of aryl methyl sites for hydroxylation is 2. The van der Waals surface area contributed by atoms with Crippen molar-refractivity contribution in [2.45, 2.75) is 46.6 Å². The monoisotopic (exact) mass is 427 g/mol. The molecule has 2 aromatic carbocycles. The van der Waals surface area contributed by atoms with E-state index in [4.69, 9.17) is 9.47 Å². The number of nitrogens with zero attached hydrogens (tertiary/aromatic N) is 1. The Balaban J connectivity index is 1.31. The normalized spacial score (nSPS) is 20.4. The van der Waals surface area contributed by atoms with E-state index in [0.717, 1.165) is 12.0 Å². The van der Waals surface area contributed by atoms with Gasteiger partial charge >= 0.3 is 5.97 Å². The van der Waals surface area contributed by atoms with E-state index in [-0.39, 0.29) is 17.8 Å². The Morgan fingerprint density at radius 3 is 2.59 bits per heavy atom. The highest BCUT2D eigenvalue weighted by Gasteiger charge is 2.60. The molecule has 4 nitrogen and oxygen atoms in total. The molecule has 4 heteroatoms. The molecule has 0 radical (unpaired) electrons. The zero-order valence-electron chi connectivity index (χ0n) is 19.1. The zero-order valence-corrected chi connectivity index (χ0v) is 19.1. The molecule has 1 saturated carbocycles. The third kappa shape index (κ3) is 3.48. The predicted octanol–water partition coefficient (Wildman–Crippen LogP) is 5.70. The molecule has 0 N–H and O–H groups in total. The van der Waals surface area contributed by atoms with Crippen molar-refractivity contribution in [2.24, 2.45) is 11.8 Å². The molecule has 1 aromatic heterocycles. The minimum absolute atomic E-state index is 0.0197. The summed E-state index contributed by atoms with van der Waals surface area (Å²) < 4.78 is 11.3. The molecule has 0 bridgehead atoms. The van der Waals surface area contributed by atoms with Crippen molar-refractivity contribution in [3.8, 4) is 17.0 Å². The SMILES string of the molecule is CCOC(=O)[C@@H]1C2c3cnc(OCc4cccc(-c5c(C)cccc5C)c4C)cc3C[C@H]21. The molecule has 0 spiro atoms. The van der Waals surface area contributed by atoms with Crippen LogP contribution < -0.4 is 4.74 Å². The van der Waals surface area contributed by atoms with Crippen LogP contribution in [0.5, 0.6) is 5.88 Å². The van der Waals surface area contributed by atoms with Crippen LogP contribution in [-0.2, 0) is 22.6 Å². The van der Waals surface area contributed by atoms with Gasteiger partial charge in [0.05, 0.1) is 12.5 Å². The minimum atomic E-state index is -0.0623. The van der Waals surface area contributed by atoms with Crippen LogP contribution in [-0.4, -0.2) is 17.6 Å². The van der Waals surface area contributed by atoms with Crippen LogP contribution in [0.2, 0.25) is 0 Å². The molecule has 5 rings (SSSR count). The third-order valence-corrected chi connectivity index (χ3v) is 7.11. The topological polar surface area (TPSA) is 48.4 Å². The predicted molar refractivity (Wildman–Crippen MR) is 125 cm³/mol. The van der Waals surface area contributed by atoms with Crippen LogP contribution in [0.4, 0.5) is 0 Å². The molecule has 3 aromatic rings. The van der Waals surface area contributed by atoms with Gasteiger partial charge in [-0.15, -0.1) is 0 Å². The number of pyridine rings is 1. The van der Waals surface area contributed by atoms with Crippen molar-refractivity contribution in [1.29, 1.82) is 0 Å². The highest BCUT2D eigenvalue weighted by atomic mass is 16.5. The lowest BCUT2D eigenvalue weighted by Gasteiger charge is -2.16.